The third-order valence-corrected chi connectivity index (χ3v) is 2.03. The largest absolute Gasteiger partial charge is 0.121 e. The molecule has 0 bridgehead atoms. The number of hydrogen-bond donors (Lipinski definition) is 0. The lowest BCUT2D eigenvalue weighted by atomic mass is 10.2. The van der Waals surface area contributed by atoms with Crippen molar-refractivity contribution < 1.29 is 0 Å². The van der Waals surface area contributed by atoms with E-state index in [0.717, 1.165) is 5.56 Å². The molecule has 0 unspecified atom stereocenters. The summed E-state index contributed by atoms with van der Waals surface area (Å²) >= 11 is 17.0. The topological polar surface area (TPSA) is 0 Å². The summed E-state index contributed by atoms with van der Waals surface area (Å²) in [6.07, 6.45) is 0. The molecule has 1 aromatic carbocycles. The molecule has 0 radical (unpaired) electrons. The molecule has 0 aliphatic rings. The van der Waals surface area contributed by atoms with Gasteiger partial charge in [0.15, 0.2) is 0 Å². The minimum atomic E-state index is 0. The predicted octanol–water partition coefficient (Wildman–Crippen LogP) is 4.31. The molecule has 62 valence electrons. The van der Waals surface area contributed by atoms with Crippen LogP contribution in [0.2, 0.25) is 10.0 Å². The summed E-state index contributed by atoms with van der Waals surface area (Å²) in [6.45, 7) is 0. The molecular weight excluding hydrogens is 270 g/mol. The highest BCUT2D eigenvalue weighted by molar-refractivity contribution is 8.93. The van der Waals surface area contributed by atoms with Crippen molar-refractivity contribution in [2.45, 2.75) is 5.88 Å². The van der Waals surface area contributed by atoms with Gasteiger partial charge in [-0.05, 0) is 17.7 Å². The molecule has 0 saturated carbocycles. The molecule has 0 aliphatic heterocycles. The fraction of sp³-hybridized carbons (Fsp3) is 0.143. The summed E-state index contributed by atoms with van der Waals surface area (Å²) in [4.78, 5) is 0. The van der Waals surface area contributed by atoms with Gasteiger partial charge in [0.1, 0.15) is 0 Å². The lowest BCUT2D eigenvalue weighted by molar-refractivity contribution is 1.40. The lowest BCUT2D eigenvalue weighted by Gasteiger charge is -1.97. The van der Waals surface area contributed by atoms with Crippen LogP contribution in [0.15, 0.2) is 18.2 Å². The predicted molar refractivity (Wildman–Crippen MR) is 56.3 cm³/mol. The Bertz CT molecular complexity index is 237. The maximum absolute atomic E-state index is 5.76. The maximum atomic E-state index is 5.76. The quantitative estimate of drug-likeness (QED) is 0.670. The Morgan fingerprint density at radius 3 is 2.27 bits per heavy atom. The molecule has 11 heavy (non-hydrogen) atoms. The van der Waals surface area contributed by atoms with Crippen LogP contribution in [0.1, 0.15) is 5.56 Å². The molecule has 0 nitrogen and oxygen atoms in total. The molecule has 0 N–H and O–H groups in total. The first-order valence-corrected chi connectivity index (χ1v) is 4.03. The molecule has 1 rings (SSSR count). The first kappa shape index (κ1) is 11.6. The Kier molecular flexibility index (Phi) is 5.53. The SMILES string of the molecule is Br.ClCc1ccc(Cl)cc1Cl. The van der Waals surface area contributed by atoms with Crippen LogP contribution >= 0.6 is 51.8 Å². The molecule has 4 heteroatoms. The van der Waals surface area contributed by atoms with Gasteiger partial charge in [-0.25, -0.2) is 0 Å². The van der Waals surface area contributed by atoms with E-state index in [1.807, 2.05) is 6.07 Å². The second kappa shape index (κ2) is 5.26. The van der Waals surface area contributed by atoms with Gasteiger partial charge in [0.2, 0.25) is 0 Å². The number of benzene rings is 1. The Morgan fingerprint density at radius 2 is 1.82 bits per heavy atom. The summed E-state index contributed by atoms with van der Waals surface area (Å²) < 4.78 is 0. The Labute approximate surface area is 91.2 Å². The van der Waals surface area contributed by atoms with Crippen molar-refractivity contribution in [1.82, 2.24) is 0 Å². The lowest BCUT2D eigenvalue weighted by Crippen LogP contribution is -1.77. The third kappa shape index (κ3) is 3.20. The number of hydrogen-bond acceptors (Lipinski definition) is 0. The van der Waals surface area contributed by atoms with E-state index in [1.165, 1.54) is 0 Å². The van der Waals surface area contributed by atoms with Crippen LogP contribution in [0.4, 0.5) is 0 Å². The van der Waals surface area contributed by atoms with Crippen LogP contribution in [0.3, 0.4) is 0 Å². The van der Waals surface area contributed by atoms with Gasteiger partial charge in [-0.1, -0.05) is 29.3 Å². The van der Waals surface area contributed by atoms with Gasteiger partial charge in [0, 0.05) is 15.9 Å². The van der Waals surface area contributed by atoms with Crippen LogP contribution < -0.4 is 0 Å². The zero-order chi connectivity index (χ0) is 7.56. The number of alkyl halides is 1. The minimum Gasteiger partial charge on any atom is -0.121 e. The third-order valence-electron chi connectivity index (χ3n) is 1.16. The molecule has 0 aliphatic carbocycles. The maximum Gasteiger partial charge on any atom is 0.0488 e. The summed E-state index contributed by atoms with van der Waals surface area (Å²) in [5.74, 6) is 0.427. The van der Waals surface area contributed by atoms with E-state index in [1.54, 1.807) is 12.1 Å². The summed E-state index contributed by atoms with van der Waals surface area (Å²) in [5, 5.41) is 1.27. The summed E-state index contributed by atoms with van der Waals surface area (Å²) in [5.41, 5.74) is 0.910. The van der Waals surface area contributed by atoms with E-state index < -0.39 is 0 Å². The second-order valence-electron chi connectivity index (χ2n) is 1.87. The first-order chi connectivity index (χ1) is 4.74. The molecule has 0 atom stereocenters. The fourth-order valence-corrected chi connectivity index (χ4v) is 1.41. The molecule has 0 saturated heterocycles. The molecule has 0 heterocycles. The van der Waals surface area contributed by atoms with Gasteiger partial charge in [-0.3, -0.25) is 0 Å². The van der Waals surface area contributed by atoms with Crippen molar-refractivity contribution in [3.63, 3.8) is 0 Å². The second-order valence-corrected chi connectivity index (χ2v) is 2.98. The standard InChI is InChI=1S/C7H5Cl3.BrH/c8-4-5-1-2-6(9)3-7(5)10;/h1-3H,4H2;1H. The highest BCUT2D eigenvalue weighted by Gasteiger charge is 1.97. The van der Waals surface area contributed by atoms with Gasteiger partial charge in [-0.15, -0.1) is 28.6 Å². The van der Waals surface area contributed by atoms with E-state index in [9.17, 15) is 0 Å². The molecule has 0 spiro atoms. The molecule has 0 amide bonds. The Morgan fingerprint density at radius 1 is 1.18 bits per heavy atom. The van der Waals surface area contributed by atoms with Crippen LogP contribution in [0.25, 0.3) is 0 Å². The van der Waals surface area contributed by atoms with E-state index in [4.69, 9.17) is 34.8 Å². The normalized spacial score (nSPS) is 9.00. The average Bonchev–Trinajstić information content (AvgIpc) is 1.88. The van der Waals surface area contributed by atoms with Crippen molar-refractivity contribution >= 4 is 51.8 Å². The van der Waals surface area contributed by atoms with Crippen molar-refractivity contribution in [1.29, 1.82) is 0 Å². The van der Waals surface area contributed by atoms with Crippen LogP contribution in [0, 0.1) is 0 Å². The molecule has 0 aromatic heterocycles. The first-order valence-electron chi connectivity index (χ1n) is 2.74. The van der Waals surface area contributed by atoms with E-state index in [0.29, 0.717) is 15.9 Å². The molecule has 1 aromatic rings. The number of halogens is 4. The Hall–Kier alpha value is 0.570. The van der Waals surface area contributed by atoms with Crippen LogP contribution in [0.5, 0.6) is 0 Å². The van der Waals surface area contributed by atoms with E-state index in [-0.39, 0.29) is 17.0 Å². The van der Waals surface area contributed by atoms with Crippen molar-refractivity contribution in [2.75, 3.05) is 0 Å². The van der Waals surface area contributed by atoms with Crippen LogP contribution in [-0.2, 0) is 5.88 Å². The smallest absolute Gasteiger partial charge is 0.0488 e. The highest BCUT2D eigenvalue weighted by atomic mass is 79.9. The van der Waals surface area contributed by atoms with Gasteiger partial charge in [0.05, 0.1) is 0 Å². The van der Waals surface area contributed by atoms with Gasteiger partial charge in [-0.2, -0.15) is 0 Å². The fourth-order valence-electron chi connectivity index (χ4n) is 0.630. The van der Waals surface area contributed by atoms with Gasteiger partial charge >= 0.3 is 0 Å². The summed E-state index contributed by atoms with van der Waals surface area (Å²) in [7, 11) is 0. The van der Waals surface area contributed by atoms with Crippen molar-refractivity contribution in [3.05, 3.63) is 33.8 Å². The van der Waals surface area contributed by atoms with Gasteiger partial charge in [0.25, 0.3) is 0 Å². The van der Waals surface area contributed by atoms with Crippen molar-refractivity contribution in [3.8, 4) is 0 Å². The summed E-state index contributed by atoms with van der Waals surface area (Å²) in [6, 6.07) is 5.27. The zero-order valence-electron chi connectivity index (χ0n) is 5.48. The Balaban J connectivity index is 0.000001000. The molecular formula is C7H6BrCl3. The van der Waals surface area contributed by atoms with E-state index in [2.05, 4.69) is 0 Å². The van der Waals surface area contributed by atoms with Crippen LogP contribution in [-0.4, -0.2) is 0 Å². The van der Waals surface area contributed by atoms with Gasteiger partial charge < -0.3 is 0 Å². The zero-order valence-corrected chi connectivity index (χ0v) is 9.46. The highest BCUT2D eigenvalue weighted by Crippen LogP contribution is 2.21. The minimum absolute atomic E-state index is 0. The average molecular weight is 276 g/mol. The molecule has 0 fully saturated rings. The number of rotatable bonds is 1. The van der Waals surface area contributed by atoms with Crippen molar-refractivity contribution in [2.24, 2.45) is 0 Å². The van der Waals surface area contributed by atoms with E-state index >= 15 is 0 Å². The monoisotopic (exact) mass is 274 g/mol.